The number of aromatic nitrogens is 3. The number of nitrogens with two attached hydrogens (primary N) is 1. The van der Waals surface area contributed by atoms with E-state index in [-0.39, 0.29) is 0 Å². The van der Waals surface area contributed by atoms with E-state index >= 15 is 0 Å². The molecule has 0 atom stereocenters. The monoisotopic (exact) mass is 297 g/mol. The first-order valence-electron chi connectivity index (χ1n) is 6.32. The van der Waals surface area contributed by atoms with E-state index in [1.54, 1.807) is 12.1 Å². The highest BCUT2D eigenvalue weighted by molar-refractivity contribution is 6.32. The van der Waals surface area contributed by atoms with Gasteiger partial charge in [-0.1, -0.05) is 11.6 Å². The Morgan fingerprint density at radius 3 is 2.71 bits per heavy atom. The topological polar surface area (TPSA) is 80.5 Å². The van der Waals surface area contributed by atoms with Crippen LogP contribution >= 0.6 is 11.6 Å². The third kappa shape index (κ3) is 1.92. The van der Waals surface area contributed by atoms with Crippen LogP contribution in [0.15, 0.2) is 24.5 Å². The van der Waals surface area contributed by atoms with Gasteiger partial charge in [0.05, 0.1) is 27.7 Å². The molecule has 6 heteroatoms. The Morgan fingerprint density at radius 1 is 1.29 bits per heavy atom. The lowest BCUT2D eigenvalue weighted by Crippen LogP contribution is -2.00. The largest absolute Gasteiger partial charge is 0.383 e. The second-order valence-electron chi connectivity index (χ2n) is 4.78. The summed E-state index contributed by atoms with van der Waals surface area (Å²) in [5.41, 5.74) is 9.96. The van der Waals surface area contributed by atoms with E-state index in [0.717, 1.165) is 22.3 Å². The second-order valence-corrected chi connectivity index (χ2v) is 5.19. The SMILES string of the molecule is Cc1c(C)n(-c2ccc(C#N)cc2Cl)c2ncnc(N)c12. The minimum Gasteiger partial charge on any atom is -0.383 e. The van der Waals surface area contributed by atoms with Crippen molar-refractivity contribution in [3.63, 3.8) is 0 Å². The minimum absolute atomic E-state index is 0.448. The summed E-state index contributed by atoms with van der Waals surface area (Å²) >= 11 is 6.32. The molecule has 21 heavy (non-hydrogen) atoms. The van der Waals surface area contributed by atoms with Gasteiger partial charge in [-0.15, -0.1) is 0 Å². The van der Waals surface area contributed by atoms with Crippen LogP contribution < -0.4 is 5.73 Å². The molecule has 0 aliphatic heterocycles. The maximum Gasteiger partial charge on any atom is 0.150 e. The smallest absolute Gasteiger partial charge is 0.150 e. The lowest BCUT2D eigenvalue weighted by atomic mass is 10.2. The average Bonchev–Trinajstić information content (AvgIpc) is 2.72. The number of benzene rings is 1. The van der Waals surface area contributed by atoms with Crippen LogP contribution in [0.3, 0.4) is 0 Å². The molecule has 0 unspecified atom stereocenters. The molecule has 0 aliphatic carbocycles. The van der Waals surface area contributed by atoms with E-state index < -0.39 is 0 Å². The van der Waals surface area contributed by atoms with E-state index in [0.29, 0.717) is 22.1 Å². The predicted octanol–water partition coefficient (Wildman–Crippen LogP) is 3.14. The van der Waals surface area contributed by atoms with Gasteiger partial charge in [0.1, 0.15) is 12.1 Å². The van der Waals surface area contributed by atoms with Gasteiger partial charge in [0, 0.05) is 5.69 Å². The van der Waals surface area contributed by atoms with Crippen molar-refractivity contribution in [3.05, 3.63) is 46.4 Å². The summed E-state index contributed by atoms with van der Waals surface area (Å²) < 4.78 is 1.94. The van der Waals surface area contributed by atoms with Gasteiger partial charge in [0.15, 0.2) is 5.65 Å². The van der Waals surface area contributed by atoms with Crippen LogP contribution in [0.2, 0.25) is 5.02 Å². The number of halogens is 1. The van der Waals surface area contributed by atoms with Crippen LogP contribution in [0.1, 0.15) is 16.8 Å². The molecule has 0 bridgehead atoms. The third-order valence-corrected chi connectivity index (χ3v) is 3.94. The zero-order valence-corrected chi connectivity index (χ0v) is 12.3. The number of nitrogens with zero attached hydrogens (tertiary/aromatic N) is 4. The van der Waals surface area contributed by atoms with Crippen LogP contribution in [0.5, 0.6) is 0 Å². The molecule has 0 amide bonds. The standard InChI is InChI=1S/C15H12ClN5/c1-8-9(2)21(15-13(8)14(18)19-7-20-15)12-4-3-10(6-17)5-11(12)16/h3-5,7H,1-2H3,(H2,18,19,20). The molecule has 5 nitrogen and oxygen atoms in total. The van der Waals surface area contributed by atoms with Crippen LogP contribution in [0.25, 0.3) is 16.7 Å². The summed E-state index contributed by atoms with van der Waals surface area (Å²) in [5.74, 6) is 0.448. The van der Waals surface area contributed by atoms with Crippen molar-refractivity contribution in [1.82, 2.24) is 14.5 Å². The fourth-order valence-electron chi connectivity index (χ4n) is 2.48. The lowest BCUT2D eigenvalue weighted by molar-refractivity contribution is 1.01. The average molecular weight is 298 g/mol. The molecule has 3 rings (SSSR count). The Balaban J connectivity index is 2.39. The summed E-state index contributed by atoms with van der Waals surface area (Å²) in [7, 11) is 0. The molecular formula is C15H12ClN5. The number of nitriles is 1. The van der Waals surface area contributed by atoms with Gasteiger partial charge in [0.25, 0.3) is 0 Å². The van der Waals surface area contributed by atoms with E-state index in [9.17, 15) is 0 Å². The number of fused-ring (bicyclic) bond motifs is 1. The summed E-state index contributed by atoms with van der Waals surface area (Å²) in [6.07, 6.45) is 1.44. The Bertz CT molecular complexity index is 905. The Kier molecular flexibility index (Phi) is 3.04. The highest BCUT2D eigenvalue weighted by atomic mass is 35.5. The first kappa shape index (κ1) is 13.4. The zero-order valence-electron chi connectivity index (χ0n) is 11.6. The van der Waals surface area contributed by atoms with E-state index in [4.69, 9.17) is 22.6 Å². The maximum atomic E-state index is 8.94. The molecule has 2 N–H and O–H groups in total. The first-order chi connectivity index (χ1) is 10.0. The highest BCUT2D eigenvalue weighted by Gasteiger charge is 2.17. The van der Waals surface area contributed by atoms with Gasteiger partial charge >= 0.3 is 0 Å². The first-order valence-corrected chi connectivity index (χ1v) is 6.70. The molecule has 0 spiro atoms. The predicted molar refractivity (Wildman–Crippen MR) is 82.5 cm³/mol. The van der Waals surface area contributed by atoms with Gasteiger partial charge in [-0.2, -0.15) is 5.26 Å². The molecule has 0 saturated heterocycles. The number of rotatable bonds is 1. The van der Waals surface area contributed by atoms with Gasteiger partial charge in [-0.3, -0.25) is 4.57 Å². The number of anilines is 1. The molecular weight excluding hydrogens is 286 g/mol. The molecule has 104 valence electrons. The van der Waals surface area contributed by atoms with Crippen molar-refractivity contribution in [2.24, 2.45) is 0 Å². The molecule has 0 saturated carbocycles. The Labute approximate surface area is 126 Å². The third-order valence-electron chi connectivity index (χ3n) is 3.64. The highest BCUT2D eigenvalue weighted by Crippen LogP contribution is 2.32. The summed E-state index contributed by atoms with van der Waals surface area (Å²) in [5, 5.41) is 10.3. The van der Waals surface area contributed by atoms with Crippen molar-refractivity contribution in [2.45, 2.75) is 13.8 Å². The molecule has 0 aliphatic rings. The summed E-state index contributed by atoms with van der Waals surface area (Å²) in [6.45, 7) is 3.95. The minimum atomic E-state index is 0.448. The van der Waals surface area contributed by atoms with Crippen molar-refractivity contribution < 1.29 is 0 Å². The van der Waals surface area contributed by atoms with Gasteiger partial charge in [-0.05, 0) is 37.6 Å². The fraction of sp³-hybridized carbons (Fsp3) is 0.133. The van der Waals surface area contributed by atoms with Crippen molar-refractivity contribution in [2.75, 3.05) is 5.73 Å². The van der Waals surface area contributed by atoms with E-state index in [2.05, 4.69) is 16.0 Å². The van der Waals surface area contributed by atoms with Crippen molar-refractivity contribution in [3.8, 4) is 11.8 Å². The van der Waals surface area contributed by atoms with Crippen LogP contribution in [-0.4, -0.2) is 14.5 Å². The van der Waals surface area contributed by atoms with Gasteiger partial charge in [-0.25, -0.2) is 9.97 Å². The molecule has 1 aromatic carbocycles. The molecule has 2 aromatic heterocycles. The number of aryl methyl sites for hydroxylation is 1. The van der Waals surface area contributed by atoms with Crippen LogP contribution in [-0.2, 0) is 0 Å². The second kappa shape index (κ2) is 4.76. The normalized spacial score (nSPS) is 10.8. The number of hydrogen-bond acceptors (Lipinski definition) is 4. The van der Waals surface area contributed by atoms with Crippen molar-refractivity contribution in [1.29, 1.82) is 5.26 Å². The fourth-order valence-corrected chi connectivity index (χ4v) is 2.74. The number of nitrogen functional groups attached to an aromatic ring is 1. The Morgan fingerprint density at radius 2 is 2.05 bits per heavy atom. The summed E-state index contributed by atoms with van der Waals surface area (Å²) in [4.78, 5) is 8.38. The molecule has 2 heterocycles. The molecule has 3 aromatic rings. The zero-order chi connectivity index (χ0) is 15.1. The van der Waals surface area contributed by atoms with E-state index in [1.807, 2.05) is 24.5 Å². The number of hydrogen-bond donors (Lipinski definition) is 1. The van der Waals surface area contributed by atoms with Gasteiger partial charge < -0.3 is 5.73 Å². The van der Waals surface area contributed by atoms with E-state index in [1.165, 1.54) is 6.33 Å². The van der Waals surface area contributed by atoms with Crippen molar-refractivity contribution >= 4 is 28.5 Å². The van der Waals surface area contributed by atoms with Crippen LogP contribution in [0.4, 0.5) is 5.82 Å². The van der Waals surface area contributed by atoms with Crippen LogP contribution in [0, 0.1) is 25.2 Å². The molecule has 0 radical (unpaired) electrons. The summed E-state index contributed by atoms with van der Waals surface area (Å²) in [6, 6.07) is 7.25. The quantitative estimate of drug-likeness (QED) is 0.748. The van der Waals surface area contributed by atoms with Gasteiger partial charge in [0.2, 0.25) is 0 Å². The Hall–Kier alpha value is -2.58. The molecule has 0 fully saturated rings. The lowest BCUT2D eigenvalue weighted by Gasteiger charge is -2.10. The maximum absolute atomic E-state index is 8.94.